The number of hydrogen-bond acceptors (Lipinski definition) is 3. The second kappa shape index (κ2) is 8.25. The van der Waals surface area contributed by atoms with Crippen LogP contribution in [0.25, 0.3) is 0 Å². The van der Waals surface area contributed by atoms with E-state index in [2.05, 4.69) is 0 Å². The minimum atomic E-state index is -0.0451. The van der Waals surface area contributed by atoms with E-state index in [1.54, 1.807) is 11.8 Å². The zero-order valence-corrected chi connectivity index (χ0v) is 13.2. The molecule has 0 N–H and O–H groups in total. The van der Waals surface area contributed by atoms with Crippen LogP contribution in [0.4, 0.5) is 0 Å². The van der Waals surface area contributed by atoms with Crippen LogP contribution >= 0.6 is 0 Å². The second-order valence-electron chi connectivity index (χ2n) is 5.58. The molecule has 5 heteroatoms. The van der Waals surface area contributed by atoms with E-state index in [1.165, 1.54) is 0 Å². The zero-order valence-electron chi connectivity index (χ0n) is 13.2. The summed E-state index contributed by atoms with van der Waals surface area (Å²) in [5.41, 5.74) is 0. The number of amides is 2. The molecule has 116 valence electrons. The van der Waals surface area contributed by atoms with E-state index in [0.29, 0.717) is 19.1 Å². The minimum absolute atomic E-state index is 0.0451. The first-order valence-electron chi connectivity index (χ1n) is 7.57. The van der Waals surface area contributed by atoms with Gasteiger partial charge >= 0.3 is 0 Å². The fraction of sp³-hybridized carbons (Fsp3) is 0.867. The van der Waals surface area contributed by atoms with E-state index in [9.17, 15) is 9.59 Å². The van der Waals surface area contributed by atoms with Crippen LogP contribution in [0.5, 0.6) is 0 Å². The van der Waals surface area contributed by atoms with E-state index in [-0.39, 0.29) is 17.7 Å². The smallest absolute Gasteiger partial charge is 0.225 e. The van der Waals surface area contributed by atoms with Gasteiger partial charge in [-0.15, -0.1) is 0 Å². The highest BCUT2D eigenvalue weighted by atomic mass is 16.5. The van der Waals surface area contributed by atoms with Gasteiger partial charge in [-0.25, -0.2) is 0 Å². The fourth-order valence-corrected chi connectivity index (χ4v) is 2.61. The average Bonchev–Trinajstić information content (AvgIpc) is 2.46. The zero-order chi connectivity index (χ0) is 15.1. The third kappa shape index (κ3) is 4.78. The molecular weight excluding hydrogens is 256 g/mol. The number of rotatable bonds is 6. The highest BCUT2D eigenvalue weighted by Crippen LogP contribution is 2.17. The van der Waals surface area contributed by atoms with Gasteiger partial charge in [0, 0.05) is 52.2 Å². The Kier molecular flexibility index (Phi) is 6.99. The SMILES string of the molecule is CCN(CCC(C)C(=O)N(C)C1CCOCC1)C(C)=O. The average molecular weight is 284 g/mol. The van der Waals surface area contributed by atoms with Gasteiger partial charge in [-0.05, 0) is 26.2 Å². The van der Waals surface area contributed by atoms with Crippen LogP contribution in [0.3, 0.4) is 0 Å². The Morgan fingerprint density at radius 3 is 2.40 bits per heavy atom. The van der Waals surface area contributed by atoms with Crippen molar-refractivity contribution in [2.75, 3.05) is 33.4 Å². The molecule has 1 fully saturated rings. The van der Waals surface area contributed by atoms with Gasteiger partial charge < -0.3 is 14.5 Å². The molecule has 0 aliphatic carbocycles. The molecule has 0 aromatic carbocycles. The van der Waals surface area contributed by atoms with Gasteiger partial charge in [-0.2, -0.15) is 0 Å². The summed E-state index contributed by atoms with van der Waals surface area (Å²) in [5, 5.41) is 0. The lowest BCUT2D eigenvalue weighted by atomic mass is 10.0. The maximum atomic E-state index is 12.4. The van der Waals surface area contributed by atoms with Crippen molar-refractivity contribution in [1.29, 1.82) is 0 Å². The van der Waals surface area contributed by atoms with Gasteiger partial charge in [-0.3, -0.25) is 9.59 Å². The second-order valence-corrected chi connectivity index (χ2v) is 5.58. The Hall–Kier alpha value is -1.10. The molecule has 1 heterocycles. The van der Waals surface area contributed by atoms with E-state index in [1.807, 2.05) is 25.8 Å². The Bertz CT molecular complexity index is 327. The monoisotopic (exact) mass is 284 g/mol. The van der Waals surface area contributed by atoms with Crippen LogP contribution in [0, 0.1) is 5.92 Å². The van der Waals surface area contributed by atoms with Crippen molar-refractivity contribution in [3.8, 4) is 0 Å². The van der Waals surface area contributed by atoms with E-state index < -0.39 is 0 Å². The summed E-state index contributed by atoms with van der Waals surface area (Å²) in [4.78, 5) is 27.4. The lowest BCUT2D eigenvalue weighted by Crippen LogP contribution is -2.43. The molecular formula is C15H28N2O3. The summed E-state index contributed by atoms with van der Waals surface area (Å²) in [7, 11) is 1.89. The number of nitrogens with zero attached hydrogens (tertiary/aromatic N) is 2. The van der Waals surface area contributed by atoms with Crippen molar-refractivity contribution in [3.63, 3.8) is 0 Å². The van der Waals surface area contributed by atoms with Crippen molar-refractivity contribution in [3.05, 3.63) is 0 Å². The summed E-state index contributed by atoms with van der Waals surface area (Å²) in [5.74, 6) is 0.206. The molecule has 0 aromatic rings. The maximum absolute atomic E-state index is 12.4. The molecule has 1 aliphatic rings. The topological polar surface area (TPSA) is 49.9 Å². The Labute approximate surface area is 122 Å². The lowest BCUT2D eigenvalue weighted by Gasteiger charge is -2.33. The predicted molar refractivity (Wildman–Crippen MR) is 78.3 cm³/mol. The first-order chi connectivity index (χ1) is 9.47. The van der Waals surface area contributed by atoms with Gasteiger partial charge in [0.25, 0.3) is 0 Å². The predicted octanol–water partition coefficient (Wildman–Crippen LogP) is 1.52. The molecule has 1 unspecified atom stereocenters. The van der Waals surface area contributed by atoms with E-state index >= 15 is 0 Å². The molecule has 0 spiro atoms. The first kappa shape index (κ1) is 17.0. The Morgan fingerprint density at radius 1 is 1.30 bits per heavy atom. The summed E-state index contributed by atoms with van der Waals surface area (Å²) in [6, 6.07) is 0.300. The van der Waals surface area contributed by atoms with Crippen molar-refractivity contribution in [1.82, 2.24) is 9.80 Å². The van der Waals surface area contributed by atoms with Crippen molar-refractivity contribution in [2.45, 2.75) is 46.1 Å². The van der Waals surface area contributed by atoms with Gasteiger partial charge in [-0.1, -0.05) is 6.92 Å². The van der Waals surface area contributed by atoms with Crippen molar-refractivity contribution < 1.29 is 14.3 Å². The largest absolute Gasteiger partial charge is 0.381 e. The minimum Gasteiger partial charge on any atom is -0.381 e. The maximum Gasteiger partial charge on any atom is 0.225 e. The summed E-state index contributed by atoms with van der Waals surface area (Å²) < 4.78 is 5.33. The quantitative estimate of drug-likeness (QED) is 0.743. The van der Waals surface area contributed by atoms with Crippen LogP contribution in [0.2, 0.25) is 0 Å². The highest BCUT2D eigenvalue weighted by molar-refractivity contribution is 5.78. The highest BCUT2D eigenvalue weighted by Gasteiger charge is 2.26. The van der Waals surface area contributed by atoms with Gasteiger partial charge in [0.1, 0.15) is 0 Å². The molecule has 0 bridgehead atoms. The third-order valence-electron chi connectivity index (χ3n) is 4.17. The lowest BCUT2D eigenvalue weighted by molar-refractivity contribution is -0.138. The first-order valence-corrected chi connectivity index (χ1v) is 7.57. The molecule has 1 aliphatic heterocycles. The molecule has 0 radical (unpaired) electrons. The normalized spacial score (nSPS) is 17.6. The Morgan fingerprint density at radius 2 is 1.90 bits per heavy atom. The molecule has 1 saturated heterocycles. The van der Waals surface area contributed by atoms with Crippen LogP contribution < -0.4 is 0 Å². The number of carbonyl (C=O) groups excluding carboxylic acids is 2. The van der Waals surface area contributed by atoms with Crippen LogP contribution in [0.15, 0.2) is 0 Å². The summed E-state index contributed by atoms with van der Waals surface area (Å²) >= 11 is 0. The number of ether oxygens (including phenoxy) is 1. The van der Waals surface area contributed by atoms with Crippen molar-refractivity contribution in [2.24, 2.45) is 5.92 Å². The van der Waals surface area contributed by atoms with E-state index in [0.717, 1.165) is 32.5 Å². The van der Waals surface area contributed by atoms with Gasteiger partial charge in [0.15, 0.2) is 0 Å². The van der Waals surface area contributed by atoms with E-state index in [4.69, 9.17) is 4.74 Å². The third-order valence-corrected chi connectivity index (χ3v) is 4.17. The standard InChI is InChI=1S/C15H28N2O3/c1-5-17(13(3)18)9-6-12(2)15(19)16(4)14-7-10-20-11-8-14/h12,14H,5-11H2,1-4H3. The van der Waals surface area contributed by atoms with Gasteiger partial charge in [0.05, 0.1) is 0 Å². The summed E-state index contributed by atoms with van der Waals surface area (Å²) in [6.45, 7) is 8.32. The van der Waals surface area contributed by atoms with Gasteiger partial charge in [0.2, 0.25) is 11.8 Å². The molecule has 1 atom stereocenters. The molecule has 0 aromatic heterocycles. The fourth-order valence-electron chi connectivity index (χ4n) is 2.61. The number of hydrogen-bond donors (Lipinski definition) is 0. The molecule has 20 heavy (non-hydrogen) atoms. The molecule has 0 saturated carbocycles. The molecule has 5 nitrogen and oxygen atoms in total. The Balaban J connectivity index is 2.43. The van der Waals surface area contributed by atoms with Crippen LogP contribution in [0.1, 0.15) is 40.0 Å². The molecule has 1 rings (SSSR count). The van der Waals surface area contributed by atoms with Crippen LogP contribution in [-0.2, 0) is 14.3 Å². The molecule has 2 amide bonds. The van der Waals surface area contributed by atoms with Crippen LogP contribution in [-0.4, -0.2) is 61.0 Å². The summed E-state index contributed by atoms with van der Waals surface area (Å²) in [6.07, 6.45) is 2.56. The van der Waals surface area contributed by atoms with Crippen molar-refractivity contribution >= 4 is 11.8 Å². The number of carbonyl (C=O) groups is 2.